The van der Waals surface area contributed by atoms with Crippen LogP contribution in [0.4, 0.5) is 0 Å². The fourth-order valence-corrected chi connectivity index (χ4v) is 5.70. The summed E-state index contributed by atoms with van der Waals surface area (Å²) >= 11 is 1.33. The summed E-state index contributed by atoms with van der Waals surface area (Å²) in [6.07, 6.45) is 0.0905. The van der Waals surface area contributed by atoms with E-state index in [1.54, 1.807) is 34.0 Å². The number of carbonyl (C=O) groups is 10. The molecule has 0 aromatic rings. The summed E-state index contributed by atoms with van der Waals surface area (Å²) in [4.78, 5) is 125. The lowest BCUT2D eigenvalue weighted by Gasteiger charge is -2.28. The van der Waals surface area contributed by atoms with Crippen molar-refractivity contribution in [3.05, 3.63) is 0 Å². The van der Waals surface area contributed by atoms with Crippen LogP contribution in [0.5, 0.6) is 0 Å². The van der Waals surface area contributed by atoms with Gasteiger partial charge in [-0.25, -0.2) is 4.79 Å². The molecule has 58 heavy (non-hydrogen) atoms. The molecule has 8 atom stereocenters. The molecule has 15 N–H and O–H groups in total. The molecule has 0 rings (SSSR count). The highest BCUT2D eigenvalue weighted by atomic mass is 32.2. The molecule has 0 aromatic carbocycles. The molecule has 0 bridgehead atoms. The molecule has 0 saturated carbocycles. The highest BCUT2D eigenvalue weighted by Gasteiger charge is 2.35. The van der Waals surface area contributed by atoms with Crippen LogP contribution < -0.4 is 49.1 Å². The zero-order valence-electron chi connectivity index (χ0n) is 33.5. The zero-order valence-corrected chi connectivity index (χ0v) is 34.4. The average Bonchev–Trinajstić information content (AvgIpc) is 3.14. The summed E-state index contributed by atoms with van der Waals surface area (Å²) in [6.45, 7) is 5.92. The fraction of sp³-hybridized carbons (Fsp3) is 0.714. The Morgan fingerprint density at radius 3 is 1.48 bits per heavy atom. The van der Waals surface area contributed by atoms with Gasteiger partial charge in [0.25, 0.3) is 0 Å². The number of thioether (sulfide) groups is 1. The molecular weight excluding hydrogens is 787 g/mol. The molecule has 0 aliphatic carbocycles. The van der Waals surface area contributed by atoms with Crippen LogP contribution >= 0.6 is 11.8 Å². The first-order valence-electron chi connectivity index (χ1n) is 18.8. The number of aliphatic carboxylic acids is 2. The molecule has 22 nitrogen and oxygen atoms in total. The smallest absolute Gasteiger partial charge is 0.326 e. The van der Waals surface area contributed by atoms with E-state index in [4.69, 9.17) is 22.3 Å². The molecule has 0 saturated heterocycles. The molecular formula is C35H61N9O13S. The maximum Gasteiger partial charge on any atom is 0.326 e. The lowest BCUT2D eigenvalue weighted by molar-refractivity contribution is -0.143. The fourth-order valence-electron chi connectivity index (χ4n) is 5.22. The minimum absolute atomic E-state index is 0.0132. The van der Waals surface area contributed by atoms with Gasteiger partial charge in [0.05, 0.1) is 12.6 Å². The first-order chi connectivity index (χ1) is 27.1. The molecule has 0 radical (unpaired) electrons. The molecule has 0 heterocycles. The third-order valence-corrected chi connectivity index (χ3v) is 9.45. The van der Waals surface area contributed by atoms with Crippen molar-refractivity contribution < 1.29 is 63.3 Å². The lowest BCUT2D eigenvalue weighted by Crippen LogP contribution is -2.61. The number of carbonyl (C=O) groups excluding carboxylic acids is 8. The Morgan fingerprint density at radius 2 is 1.03 bits per heavy atom. The van der Waals surface area contributed by atoms with Crippen LogP contribution in [0, 0.1) is 11.8 Å². The molecule has 0 aliphatic heterocycles. The van der Waals surface area contributed by atoms with Crippen LogP contribution in [0.2, 0.25) is 0 Å². The van der Waals surface area contributed by atoms with E-state index >= 15 is 0 Å². The number of nitrogens with two attached hydrogens (primary N) is 3. The number of carboxylic acids is 2. The molecule has 8 amide bonds. The largest absolute Gasteiger partial charge is 0.481 e. The predicted molar refractivity (Wildman–Crippen MR) is 210 cm³/mol. The number of hydrogen-bond donors (Lipinski definition) is 12. The van der Waals surface area contributed by atoms with E-state index in [1.165, 1.54) is 11.8 Å². The molecule has 0 unspecified atom stereocenters. The number of aliphatic hydroxyl groups excluding tert-OH is 1. The maximum atomic E-state index is 13.7. The van der Waals surface area contributed by atoms with Crippen LogP contribution in [0.15, 0.2) is 0 Å². The van der Waals surface area contributed by atoms with Crippen molar-refractivity contribution >= 4 is 71.0 Å². The Labute approximate surface area is 341 Å². The van der Waals surface area contributed by atoms with Crippen LogP contribution in [0.25, 0.3) is 0 Å². The monoisotopic (exact) mass is 847 g/mol. The van der Waals surface area contributed by atoms with Crippen LogP contribution in [-0.2, 0) is 47.9 Å². The minimum atomic E-state index is -1.61. The molecule has 0 fully saturated rings. The first-order valence-corrected chi connectivity index (χ1v) is 20.2. The average molecular weight is 848 g/mol. The summed E-state index contributed by atoms with van der Waals surface area (Å²) < 4.78 is 0. The van der Waals surface area contributed by atoms with Gasteiger partial charge >= 0.3 is 11.9 Å². The topological polar surface area (TPSA) is 382 Å². The number of primary amides is 2. The number of rotatable bonds is 30. The van der Waals surface area contributed by atoms with Crippen molar-refractivity contribution in [1.82, 2.24) is 31.9 Å². The lowest BCUT2D eigenvalue weighted by atomic mass is 9.97. The van der Waals surface area contributed by atoms with Gasteiger partial charge in [0.15, 0.2) is 0 Å². The van der Waals surface area contributed by atoms with Gasteiger partial charge in [0.2, 0.25) is 47.3 Å². The Kier molecular flexibility index (Phi) is 25.2. The van der Waals surface area contributed by atoms with Crippen molar-refractivity contribution in [2.75, 3.05) is 18.6 Å². The van der Waals surface area contributed by atoms with E-state index in [-0.39, 0.29) is 50.9 Å². The molecule has 23 heteroatoms. The summed E-state index contributed by atoms with van der Waals surface area (Å²) in [7, 11) is 0. The van der Waals surface area contributed by atoms with Gasteiger partial charge in [0, 0.05) is 19.3 Å². The van der Waals surface area contributed by atoms with Crippen molar-refractivity contribution in [2.24, 2.45) is 29.0 Å². The first kappa shape index (κ1) is 53.0. The Bertz CT molecular complexity index is 1450. The summed E-state index contributed by atoms with van der Waals surface area (Å²) in [5.74, 6) is -10.1. The number of amides is 8. The number of carboxylic acid groups (broad SMARTS) is 2. The SMILES string of the molecule is CC[C@H](C)[C@H](NC(=O)[C@@H](N)CCC(=O)O)C(=O)N[C@@H](CO)C(=O)N[C@@H](CCSC)C(=O)N[C@@H](CC(C)C)C(=O)N[C@@H](CCC(N)=O)C(=O)N[C@@H](CCC(N)=O)C(=O)O. The summed E-state index contributed by atoms with van der Waals surface area (Å²) in [5, 5.41) is 43.0. The Morgan fingerprint density at radius 1 is 0.586 bits per heavy atom. The molecule has 0 aliphatic rings. The summed E-state index contributed by atoms with van der Waals surface area (Å²) in [6, 6.07) is -9.82. The van der Waals surface area contributed by atoms with Crippen molar-refractivity contribution in [3.8, 4) is 0 Å². The van der Waals surface area contributed by atoms with E-state index in [1.807, 2.05) is 0 Å². The van der Waals surface area contributed by atoms with Crippen LogP contribution in [-0.4, -0.2) is 135 Å². The van der Waals surface area contributed by atoms with E-state index < -0.39 is 120 Å². The Hall–Kier alpha value is -5.03. The number of nitrogens with one attached hydrogen (secondary N) is 6. The minimum Gasteiger partial charge on any atom is -0.481 e. The second kappa shape index (κ2) is 27.6. The van der Waals surface area contributed by atoms with E-state index in [0.717, 1.165) is 0 Å². The normalized spacial score (nSPS) is 15.2. The predicted octanol–water partition coefficient (Wildman–Crippen LogP) is -3.46. The third kappa shape index (κ3) is 20.9. The van der Waals surface area contributed by atoms with Crippen molar-refractivity contribution in [1.29, 1.82) is 0 Å². The maximum absolute atomic E-state index is 13.7. The van der Waals surface area contributed by atoms with Crippen molar-refractivity contribution in [2.45, 2.75) is 128 Å². The van der Waals surface area contributed by atoms with Gasteiger partial charge in [0.1, 0.15) is 36.3 Å². The van der Waals surface area contributed by atoms with Crippen LogP contribution in [0.1, 0.15) is 85.5 Å². The number of aliphatic hydroxyl groups is 1. The Balaban J connectivity index is 6.20. The van der Waals surface area contributed by atoms with Gasteiger partial charge in [-0.05, 0) is 55.9 Å². The van der Waals surface area contributed by atoms with E-state index in [0.29, 0.717) is 12.2 Å². The quantitative estimate of drug-likeness (QED) is 0.0334. The highest BCUT2D eigenvalue weighted by molar-refractivity contribution is 7.98. The van der Waals surface area contributed by atoms with E-state index in [9.17, 15) is 58.2 Å². The molecule has 0 spiro atoms. The summed E-state index contributed by atoms with van der Waals surface area (Å²) in [5.41, 5.74) is 16.1. The van der Waals surface area contributed by atoms with Gasteiger partial charge in [-0.15, -0.1) is 0 Å². The van der Waals surface area contributed by atoms with Gasteiger partial charge in [-0.2, -0.15) is 11.8 Å². The van der Waals surface area contributed by atoms with Crippen LogP contribution in [0.3, 0.4) is 0 Å². The van der Waals surface area contributed by atoms with Crippen molar-refractivity contribution in [3.63, 3.8) is 0 Å². The van der Waals surface area contributed by atoms with Gasteiger partial charge in [-0.3, -0.25) is 43.2 Å². The molecule has 330 valence electrons. The third-order valence-electron chi connectivity index (χ3n) is 8.80. The van der Waals surface area contributed by atoms with Gasteiger partial charge in [-0.1, -0.05) is 34.1 Å². The van der Waals surface area contributed by atoms with E-state index in [2.05, 4.69) is 31.9 Å². The zero-order chi connectivity index (χ0) is 44.7. The van der Waals surface area contributed by atoms with Gasteiger partial charge < -0.3 is 64.4 Å². The standard InChI is InChI=1S/C35H61N9O13S/c1-6-18(4)28(44-29(50)19(36)7-12-27(48)49)34(55)43-24(16-45)33(54)40-21(13-14-58-5)31(52)42-23(15-17(2)3)32(53)39-20(8-10-25(37)46)30(51)41-22(35(56)57)9-11-26(38)47/h17-24,28,45H,6-16,36H2,1-5H3,(H2,37,46)(H2,38,47)(H,39,53)(H,40,54)(H,41,51)(H,42,52)(H,43,55)(H,44,50)(H,48,49)(H,56,57)/t18-,19-,20-,21-,22-,23-,24-,28-/m0/s1. The molecule has 0 aromatic heterocycles. The second-order valence-corrected chi connectivity index (χ2v) is 15.1. The second-order valence-electron chi connectivity index (χ2n) is 14.2. The highest BCUT2D eigenvalue weighted by Crippen LogP contribution is 2.12. The number of hydrogen-bond acceptors (Lipinski definition) is 13.